The third kappa shape index (κ3) is 12.4. The van der Waals surface area contributed by atoms with Crippen LogP contribution in [0.15, 0.2) is 30.3 Å². The minimum absolute atomic E-state index is 0.0798. The average molecular weight is 389 g/mol. The zero-order valence-corrected chi connectivity index (χ0v) is 19.0. The molecule has 28 heavy (non-hydrogen) atoms. The molecule has 1 aromatic carbocycles. The number of amides is 1. The van der Waals surface area contributed by atoms with Crippen molar-refractivity contribution in [1.29, 1.82) is 0 Å². The molecule has 0 aliphatic carbocycles. The van der Waals surface area contributed by atoms with Gasteiger partial charge in [-0.3, -0.25) is 14.5 Å². The van der Waals surface area contributed by atoms with Crippen molar-refractivity contribution in [3.63, 3.8) is 0 Å². The van der Waals surface area contributed by atoms with E-state index in [1.165, 1.54) is 11.6 Å². The average Bonchev–Trinajstić information content (AvgIpc) is 2.57. The summed E-state index contributed by atoms with van der Waals surface area (Å²) in [5.41, 5.74) is 2.29. The molecule has 0 spiro atoms. The van der Waals surface area contributed by atoms with Gasteiger partial charge in [0.15, 0.2) is 0 Å². The lowest BCUT2D eigenvalue weighted by molar-refractivity contribution is -0.130. The van der Waals surface area contributed by atoms with E-state index in [4.69, 9.17) is 0 Å². The van der Waals surface area contributed by atoms with Crippen LogP contribution in [-0.2, 0) is 9.59 Å². The molecular formula is C24H40N2O2. The van der Waals surface area contributed by atoms with E-state index >= 15 is 0 Å². The molecule has 1 aliphatic heterocycles. The Morgan fingerprint density at radius 2 is 1.68 bits per heavy atom. The van der Waals surface area contributed by atoms with Crippen molar-refractivity contribution in [2.24, 2.45) is 11.8 Å². The maximum atomic E-state index is 11.6. The van der Waals surface area contributed by atoms with Gasteiger partial charge in [0, 0.05) is 12.6 Å². The minimum Gasteiger partial charge on any atom is -0.351 e. The zero-order valence-electron chi connectivity index (χ0n) is 19.0. The molecule has 1 N–H and O–H groups in total. The van der Waals surface area contributed by atoms with E-state index < -0.39 is 0 Å². The number of benzene rings is 1. The molecular weight excluding hydrogens is 348 g/mol. The maximum Gasteiger partial charge on any atom is 0.237 e. The van der Waals surface area contributed by atoms with E-state index in [9.17, 15) is 9.59 Å². The van der Waals surface area contributed by atoms with Gasteiger partial charge < -0.3 is 5.32 Å². The molecule has 2 atom stereocenters. The summed E-state index contributed by atoms with van der Waals surface area (Å²) in [4.78, 5) is 23.7. The van der Waals surface area contributed by atoms with Crippen LogP contribution in [0.2, 0.25) is 0 Å². The van der Waals surface area contributed by atoms with Crippen LogP contribution in [0.4, 0.5) is 0 Å². The third-order valence-corrected chi connectivity index (χ3v) is 3.92. The van der Waals surface area contributed by atoms with E-state index in [0.29, 0.717) is 12.0 Å². The Morgan fingerprint density at radius 1 is 1.14 bits per heavy atom. The fourth-order valence-electron chi connectivity index (χ4n) is 2.71. The lowest BCUT2D eigenvalue weighted by Gasteiger charge is -2.36. The lowest BCUT2D eigenvalue weighted by Crippen LogP contribution is -2.57. The third-order valence-electron chi connectivity index (χ3n) is 3.92. The highest BCUT2D eigenvalue weighted by Gasteiger charge is 2.30. The summed E-state index contributed by atoms with van der Waals surface area (Å²) < 4.78 is 0. The van der Waals surface area contributed by atoms with Crippen molar-refractivity contribution >= 4 is 18.3 Å². The number of hydrogen-bond acceptors (Lipinski definition) is 3. The Balaban J connectivity index is 0.000000442. The molecule has 1 heterocycles. The summed E-state index contributed by atoms with van der Waals surface area (Å²) in [5, 5.41) is 2.98. The first kappa shape index (κ1) is 26.1. The fraction of sp³-hybridized carbons (Fsp3) is 0.583. The summed E-state index contributed by atoms with van der Waals surface area (Å²) >= 11 is 0. The van der Waals surface area contributed by atoms with E-state index in [0.717, 1.165) is 30.7 Å². The predicted molar refractivity (Wildman–Crippen MR) is 120 cm³/mol. The Kier molecular flexibility index (Phi) is 13.1. The molecule has 2 rings (SSSR count). The first-order valence-electron chi connectivity index (χ1n) is 10.3. The fourth-order valence-corrected chi connectivity index (χ4v) is 2.71. The molecule has 0 radical (unpaired) electrons. The van der Waals surface area contributed by atoms with Crippen molar-refractivity contribution < 1.29 is 9.59 Å². The first-order chi connectivity index (χ1) is 13.1. The van der Waals surface area contributed by atoms with Crippen LogP contribution in [0.5, 0.6) is 0 Å². The minimum atomic E-state index is 0.0798. The van der Waals surface area contributed by atoms with Crippen molar-refractivity contribution in [2.45, 2.75) is 67.0 Å². The summed E-state index contributed by atoms with van der Waals surface area (Å²) in [5.74, 6) is 1.60. The van der Waals surface area contributed by atoms with Crippen LogP contribution in [0, 0.1) is 18.8 Å². The summed E-state index contributed by atoms with van der Waals surface area (Å²) in [6.45, 7) is 15.8. The molecule has 0 saturated carbocycles. The van der Waals surface area contributed by atoms with Crippen molar-refractivity contribution in [3.8, 4) is 0 Å². The van der Waals surface area contributed by atoms with Gasteiger partial charge in [-0.15, -0.1) is 0 Å². The summed E-state index contributed by atoms with van der Waals surface area (Å²) in [7, 11) is 2.03. The summed E-state index contributed by atoms with van der Waals surface area (Å²) in [6, 6.07) is 8.37. The van der Waals surface area contributed by atoms with Gasteiger partial charge in [0.1, 0.15) is 6.29 Å². The number of carbonyl (C=O) groups is 2. The topological polar surface area (TPSA) is 49.4 Å². The van der Waals surface area contributed by atoms with Crippen molar-refractivity contribution in [3.05, 3.63) is 41.5 Å². The van der Waals surface area contributed by atoms with Gasteiger partial charge in [-0.05, 0) is 50.8 Å². The van der Waals surface area contributed by atoms with Gasteiger partial charge in [-0.1, -0.05) is 70.5 Å². The lowest BCUT2D eigenvalue weighted by atomic mass is 9.99. The number of likely N-dealkylation sites (N-methyl/N-ethyl adjacent to an activating group) is 1. The highest BCUT2D eigenvalue weighted by atomic mass is 16.2. The van der Waals surface area contributed by atoms with Gasteiger partial charge >= 0.3 is 0 Å². The molecule has 1 fully saturated rings. The molecule has 4 heteroatoms. The largest absolute Gasteiger partial charge is 0.351 e. The number of carbonyl (C=O) groups excluding carboxylic acids is 2. The highest BCUT2D eigenvalue weighted by molar-refractivity contribution is 5.82. The molecule has 1 aliphatic rings. The van der Waals surface area contributed by atoms with Crippen LogP contribution in [0.3, 0.4) is 0 Å². The molecule has 1 saturated heterocycles. The molecule has 0 bridgehead atoms. The Hall–Kier alpha value is -1.94. The van der Waals surface area contributed by atoms with Crippen LogP contribution in [0.25, 0.3) is 6.08 Å². The van der Waals surface area contributed by atoms with Crippen molar-refractivity contribution in [2.75, 3.05) is 13.6 Å². The zero-order chi connectivity index (χ0) is 21.7. The van der Waals surface area contributed by atoms with E-state index in [1.54, 1.807) is 6.08 Å². The number of aryl methyl sites for hydroxylation is 1. The quantitative estimate of drug-likeness (QED) is 0.600. The predicted octanol–water partition coefficient (Wildman–Crippen LogP) is 4.72. The van der Waals surface area contributed by atoms with E-state index in [2.05, 4.69) is 44.8 Å². The van der Waals surface area contributed by atoms with Crippen molar-refractivity contribution in [1.82, 2.24) is 10.2 Å². The number of nitrogens with one attached hydrogen (secondary N) is 1. The standard InChI is InChI=1S/C10H20N2O.C10H10O.C4H10/c1-7(2)5-9-10(13)11-8(3)6-12(9)4;1-9-4-6-10(7-5-9)3-2-8-11;1-4(2)3/h7-9H,5-6H2,1-4H3,(H,11,13);2-8H,1H3;4H,1-3H3/b;3-2+;. The smallest absolute Gasteiger partial charge is 0.237 e. The Morgan fingerprint density at radius 3 is 2.11 bits per heavy atom. The Labute approximate surface area is 172 Å². The van der Waals surface area contributed by atoms with Crippen LogP contribution >= 0.6 is 0 Å². The molecule has 4 nitrogen and oxygen atoms in total. The maximum absolute atomic E-state index is 11.6. The highest BCUT2D eigenvalue weighted by Crippen LogP contribution is 2.14. The van der Waals surface area contributed by atoms with Gasteiger partial charge in [-0.25, -0.2) is 0 Å². The number of nitrogens with zero attached hydrogens (tertiary/aromatic N) is 1. The second kappa shape index (κ2) is 14.1. The summed E-state index contributed by atoms with van der Waals surface area (Å²) in [6.07, 6.45) is 5.01. The second-order valence-corrected chi connectivity index (χ2v) is 8.63. The molecule has 1 aromatic rings. The number of rotatable bonds is 4. The molecule has 0 aromatic heterocycles. The molecule has 158 valence electrons. The first-order valence-corrected chi connectivity index (χ1v) is 10.3. The normalized spacial score (nSPS) is 19.6. The van der Waals surface area contributed by atoms with E-state index in [-0.39, 0.29) is 11.9 Å². The van der Waals surface area contributed by atoms with E-state index in [1.807, 2.05) is 45.2 Å². The second-order valence-electron chi connectivity index (χ2n) is 8.63. The van der Waals surface area contributed by atoms with Crippen LogP contribution in [0.1, 0.15) is 59.1 Å². The number of allylic oxidation sites excluding steroid dienone is 1. The van der Waals surface area contributed by atoms with Gasteiger partial charge in [0.05, 0.1) is 6.04 Å². The van der Waals surface area contributed by atoms with Crippen LogP contribution in [-0.4, -0.2) is 42.8 Å². The van der Waals surface area contributed by atoms with Gasteiger partial charge in [-0.2, -0.15) is 0 Å². The molecule has 2 unspecified atom stereocenters. The number of aldehydes is 1. The Bertz CT molecular complexity index is 588. The molecule has 1 amide bonds. The number of piperazine rings is 1. The monoisotopic (exact) mass is 388 g/mol. The van der Waals surface area contributed by atoms with Gasteiger partial charge in [0.2, 0.25) is 5.91 Å². The van der Waals surface area contributed by atoms with Crippen LogP contribution < -0.4 is 5.32 Å². The van der Waals surface area contributed by atoms with Gasteiger partial charge in [0.25, 0.3) is 0 Å². The number of hydrogen-bond donors (Lipinski definition) is 1. The SMILES string of the molecule is CC(C)C.CC(C)CC1C(=O)NC(C)CN1C.Cc1ccc(/C=C/C=O)cc1.